The number of ether oxygens (including phenoxy) is 1. The van der Waals surface area contributed by atoms with Crippen molar-refractivity contribution >= 4 is 40.1 Å². The highest BCUT2D eigenvalue weighted by Crippen LogP contribution is 2.25. The third-order valence-electron chi connectivity index (χ3n) is 5.38. The molecule has 3 N–H and O–H groups in total. The SMILES string of the molecule is COC(=O)Nc1ccc2[nH]c(C(=O)N3CCN(c4ncccc4NC(C)C)CC3)cc2c1. The second-order valence-electron chi connectivity index (χ2n) is 8.05. The zero-order valence-electron chi connectivity index (χ0n) is 18.5. The number of carbonyl (C=O) groups excluding carboxylic acids is 2. The molecule has 168 valence electrons. The van der Waals surface area contributed by atoms with Crippen LogP contribution in [0.1, 0.15) is 24.3 Å². The van der Waals surface area contributed by atoms with E-state index in [1.165, 1.54) is 7.11 Å². The molecule has 2 aromatic heterocycles. The molecule has 1 fully saturated rings. The molecule has 2 amide bonds. The first-order valence-electron chi connectivity index (χ1n) is 10.7. The summed E-state index contributed by atoms with van der Waals surface area (Å²) in [4.78, 5) is 36.3. The van der Waals surface area contributed by atoms with Gasteiger partial charge in [-0.3, -0.25) is 10.1 Å². The minimum atomic E-state index is -0.534. The highest BCUT2D eigenvalue weighted by molar-refractivity contribution is 5.99. The van der Waals surface area contributed by atoms with E-state index in [0.717, 1.165) is 22.4 Å². The maximum atomic E-state index is 13.1. The fourth-order valence-corrected chi connectivity index (χ4v) is 3.86. The highest BCUT2D eigenvalue weighted by atomic mass is 16.5. The van der Waals surface area contributed by atoms with Crippen molar-refractivity contribution < 1.29 is 14.3 Å². The number of H-pyrrole nitrogens is 1. The van der Waals surface area contributed by atoms with E-state index in [2.05, 4.69) is 44.1 Å². The van der Waals surface area contributed by atoms with Crippen molar-refractivity contribution in [2.75, 3.05) is 48.8 Å². The van der Waals surface area contributed by atoms with E-state index in [1.807, 2.05) is 35.2 Å². The lowest BCUT2D eigenvalue weighted by Gasteiger charge is -2.36. The summed E-state index contributed by atoms with van der Waals surface area (Å²) in [7, 11) is 1.32. The van der Waals surface area contributed by atoms with Crippen molar-refractivity contribution in [3.63, 3.8) is 0 Å². The van der Waals surface area contributed by atoms with E-state index in [9.17, 15) is 9.59 Å². The van der Waals surface area contributed by atoms with Crippen LogP contribution < -0.4 is 15.5 Å². The Morgan fingerprint density at radius 2 is 1.91 bits per heavy atom. The lowest BCUT2D eigenvalue weighted by Crippen LogP contribution is -2.49. The summed E-state index contributed by atoms with van der Waals surface area (Å²) in [5.74, 6) is 0.884. The summed E-state index contributed by atoms with van der Waals surface area (Å²) in [5.41, 5.74) is 2.98. The second kappa shape index (κ2) is 9.17. The first-order chi connectivity index (χ1) is 15.4. The number of amides is 2. The molecule has 1 aromatic carbocycles. The molecule has 0 atom stereocenters. The van der Waals surface area contributed by atoms with E-state index >= 15 is 0 Å². The quantitative estimate of drug-likeness (QED) is 0.566. The molecule has 1 saturated heterocycles. The molecule has 3 aromatic rings. The number of methoxy groups -OCH3 is 1. The van der Waals surface area contributed by atoms with Crippen LogP contribution in [0, 0.1) is 0 Å². The summed E-state index contributed by atoms with van der Waals surface area (Å²) in [6.07, 6.45) is 1.26. The lowest BCUT2D eigenvalue weighted by molar-refractivity contribution is 0.0741. The van der Waals surface area contributed by atoms with Crippen LogP contribution in [0.25, 0.3) is 10.9 Å². The first-order valence-corrected chi connectivity index (χ1v) is 10.7. The zero-order valence-corrected chi connectivity index (χ0v) is 18.5. The van der Waals surface area contributed by atoms with Gasteiger partial charge >= 0.3 is 6.09 Å². The zero-order chi connectivity index (χ0) is 22.7. The van der Waals surface area contributed by atoms with Gasteiger partial charge in [0, 0.05) is 55.0 Å². The van der Waals surface area contributed by atoms with Crippen LogP contribution >= 0.6 is 0 Å². The van der Waals surface area contributed by atoms with Gasteiger partial charge in [-0.2, -0.15) is 0 Å². The topological polar surface area (TPSA) is 103 Å². The van der Waals surface area contributed by atoms with Crippen molar-refractivity contribution in [2.24, 2.45) is 0 Å². The fraction of sp³-hybridized carbons (Fsp3) is 0.348. The van der Waals surface area contributed by atoms with E-state index in [-0.39, 0.29) is 5.91 Å². The van der Waals surface area contributed by atoms with Crippen LogP contribution in [-0.4, -0.2) is 66.2 Å². The molecule has 0 aliphatic carbocycles. The molecule has 0 spiro atoms. The number of nitrogens with zero attached hydrogens (tertiary/aromatic N) is 3. The fourth-order valence-electron chi connectivity index (χ4n) is 3.86. The molecule has 1 aliphatic heterocycles. The van der Waals surface area contributed by atoms with E-state index in [0.29, 0.717) is 43.6 Å². The molecule has 3 heterocycles. The molecule has 0 saturated carbocycles. The van der Waals surface area contributed by atoms with Gasteiger partial charge in [-0.05, 0) is 50.2 Å². The van der Waals surface area contributed by atoms with Crippen LogP contribution in [0.2, 0.25) is 0 Å². The number of pyridine rings is 1. The molecule has 0 unspecified atom stereocenters. The summed E-state index contributed by atoms with van der Waals surface area (Å²) in [5, 5.41) is 6.92. The third-order valence-corrected chi connectivity index (χ3v) is 5.38. The standard InChI is InChI=1S/C23H28N6O3/c1-15(2)25-19-5-4-8-24-21(19)28-9-11-29(12-10-28)22(30)20-14-16-13-17(26-23(31)32-3)6-7-18(16)27-20/h4-8,13-15,25,27H,9-12H2,1-3H3,(H,26,31). The number of carbonyl (C=O) groups is 2. The number of hydrogen-bond acceptors (Lipinski definition) is 6. The largest absolute Gasteiger partial charge is 0.453 e. The van der Waals surface area contributed by atoms with Crippen molar-refractivity contribution in [3.8, 4) is 0 Å². The number of nitrogens with one attached hydrogen (secondary N) is 3. The summed E-state index contributed by atoms with van der Waals surface area (Å²) in [6, 6.07) is 11.5. The first kappa shape index (κ1) is 21.5. The van der Waals surface area contributed by atoms with E-state index in [1.54, 1.807) is 12.3 Å². The van der Waals surface area contributed by atoms with Crippen molar-refractivity contribution in [1.82, 2.24) is 14.9 Å². The van der Waals surface area contributed by atoms with Crippen molar-refractivity contribution in [3.05, 3.63) is 48.3 Å². The molecular weight excluding hydrogens is 408 g/mol. The van der Waals surface area contributed by atoms with E-state index < -0.39 is 6.09 Å². The van der Waals surface area contributed by atoms with Gasteiger partial charge in [0.15, 0.2) is 5.82 Å². The molecule has 1 aliphatic rings. The predicted octanol–water partition coefficient (Wildman–Crippen LogP) is 3.52. The maximum Gasteiger partial charge on any atom is 0.411 e. The van der Waals surface area contributed by atoms with Gasteiger partial charge in [0.1, 0.15) is 5.69 Å². The Kier molecular flexibility index (Phi) is 6.16. The smallest absolute Gasteiger partial charge is 0.411 e. The normalized spacial score (nSPS) is 14.0. The molecule has 0 radical (unpaired) electrons. The highest BCUT2D eigenvalue weighted by Gasteiger charge is 2.25. The van der Waals surface area contributed by atoms with Crippen molar-refractivity contribution in [1.29, 1.82) is 0 Å². The molecule has 32 heavy (non-hydrogen) atoms. The number of benzene rings is 1. The predicted molar refractivity (Wildman–Crippen MR) is 125 cm³/mol. The van der Waals surface area contributed by atoms with Crippen LogP contribution in [0.4, 0.5) is 22.0 Å². The summed E-state index contributed by atoms with van der Waals surface area (Å²) < 4.78 is 4.62. The number of piperazine rings is 1. The minimum Gasteiger partial charge on any atom is -0.453 e. The van der Waals surface area contributed by atoms with Gasteiger partial charge < -0.3 is 24.8 Å². The van der Waals surface area contributed by atoms with Crippen LogP contribution in [0.3, 0.4) is 0 Å². The van der Waals surface area contributed by atoms with Gasteiger partial charge in [0.25, 0.3) is 5.91 Å². The average Bonchev–Trinajstić information content (AvgIpc) is 3.22. The Balaban J connectivity index is 1.43. The summed E-state index contributed by atoms with van der Waals surface area (Å²) in [6.45, 7) is 6.85. The van der Waals surface area contributed by atoms with Gasteiger partial charge in [-0.1, -0.05) is 0 Å². The third kappa shape index (κ3) is 4.61. The number of rotatable bonds is 5. The van der Waals surface area contributed by atoms with Crippen LogP contribution in [0.15, 0.2) is 42.6 Å². The Labute approximate surface area is 186 Å². The number of fused-ring (bicyclic) bond motifs is 1. The van der Waals surface area contributed by atoms with Gasteiger partial charge in [0.2, 0.25) is 0 Å². The number of anilines is 3. The number of aromatic amines is 1. The second-order valence-corrected chi connectivity index (χ2v) is 8.05. The van der Waals surface area contributed by atoms with Crippen LogP contribution in [-0.2, 0) is 4.74 Å². The Bertz CT molecular complexity index is 1120. The van der Waals surface area contributed by atoms with Crippen molar-refractivity contribution in [2.45, 2.75) is 19.9 Å². The monoisotopic (exact) mass is 436 g/mol. The molecule has 9 nitrogen and oxygen atoms in total. The molecule has 0 bridgehead atoms. The minimum absolute atomic E-state index is 0.0372. The molecule has 9 heteroatoms. The lowest BCUT2D eigenvalue weighted by atomic mass is 10.2. The number of aromatic nitrogens is 2. The molecular formula is C23H28N6O3. The van der Waals surface area contributed by atoms with Gasteiger partial charge in [-0.15, -0.1) is 0 Å². The Hall–Kier alpha value is -3.75. The average molecular weight is 437 g/mol. The van der Waals surface area contributed by atoms with Crippen LogP contribution in [0.5, 0.6) is 0 Å². The maximum absolute atomic E-state index is 13.1. The number of hydrogen-bond donors (Lipinski definition) is 3. The Morgan fingerprint density at radius 1 is 1.12 bits per heavy atom. The van der Waals surface area contributed by atoms with Gasteiger partial charge in [-0.25, -0.2) is 9.78 Å². The Morgan fingerprint density at radius 3 is 2.62 bits per heavy atom. The van der Waals surface area contributed by atoms with Gasteiger partial charge in [0.05, 0.1) is 12.8 Å². The summed E-state index contributed by atoms with van der Waals surface area (Å²) >= 11 is 0. The molecule has 4 rings (SSSR count). The van der Waals surface area contributed by atoms with E-state index in [4.69, 9.17) is 0 Å².